The summed E-state index contributed by atoms with van der Waals surface area (Å²) in [6, 6.07) is 13.5. The topological polar surface area (TPSA) is 122 Å². The Bertz CT molecular complexity index is 1140. The molecule has 0 amide bonds. The third-order valence-corrected chi connectivity index (χ3v) is 5.06. The van der Waals surface area contributed by atoms with E-state index >= 15 is 0 Å². The number of hydrogen-bond donors (Lipinski definition) is 3. The van der Waals surface area contributed by atoms with Gasteiger partial charge in [0.25, 0.3) is 0 Å². The number of rotatable bonds is 8. The lowest BCUT2D eigenvalue weighted by molar-refractivity contribution is 0.0601. The Morgan fingerprint density at radius 1 is 1.06 bits per heavy atom. The summed E-state index contributed by atoms with van der Waals surface area (Å²) in [6.45, 7) is 6.95. The Balaban J connectivity index is 2.20. The van der Waals surface area contributed by atoms with Crippen molar-refractivity contribution in [2.75, 3.05) is 6.61 Å². The highest BCUT2D eigenvalue weighted by molar-refractivity contribution is 5.96. The van der Waals surface area contributed by atoms with Gasteiger partial charge in [0.2, 0.25) is 0 Å². The molecule has 32 heavy (non-hydrogen) atoms. The Morgan fingerprint density at radius 2 is 1.69 bits per heavy atom. The summed E-state index contributed by atoms with van der Waals surface area (Å²) in [4.78, 5) is 28.2. The summed E-state index contributed by atoms with van der Waals surface area (Å²) in [7, 11) is 0. The quantitative estimate of drug-likeness (QED) is 0.480. The van der Waals surface area contributed by atoms with E-state index in [9.17, 15) is 24.9 Å². The molecule has 0 radical (unpaired) electrons. The van der Waals surface area contributed by atoms with Gasteiger partial charge in [-0.1, -0.05) is 30.3 Å². The van der Waals surface area contributed by atoms with Crippen LogP contribution in [0, 0.1) is 0 Å². The van der Waals surface area contributed by atoms with Crippen molar-refractivity contribution in [2.45, 2.75) is 39.4 Å². The van der Waals surface area contributed by atoms with Crippen LogP contribution in [-0.2, 0) is 10.3 Å². The first-order chi connectivity index (χ1) is 15.1. The van der Waals surface area contributed by atoms with Crippen LogP contribution in [0.3, 0.4) is 0 Å². The van der Waals surface area contributed by atoms with Crippen LogP contribution in [0.15, 0.2) is 48.5 Å². The second-order valence-electron chi connectivity index (χ2n) is 7.86. The molecule has 0 aliphatic carbocycles. The van der Waals surface area contributed by atoms with Crippen molar-refractivity contribution in [1.29, 1.82) is 0 Å². The monoisotopic (exact) mass is 438 g/mol. The van der Waals surface area contributed by atoms with Gasteiger partial charge in [-0.3, -0.25) is 4.57 Å². The molecule has 1 unspecified atom stereocenters. The van der Waals surface area contributed by atoms with Gasteiger partial charge in [-0.15, -0.1) is 0 Å². The molecule has 0 saturated carbocycles. The number of aromatic carboxylic acids is 2. The Morgan fingerprint density at radius 3 is 2.22 bits per heavy atom. The molecule has 1 atom stereocenters. The number of aliphatic hydroxyl groups is 1. The third kappa shape index (κ3) is 4.42. The second kappa shape index (κ2) is 8.94. The van der Waals surface area contributed by atoms with Gasteiger partial charge in [0.15, 0.2) is 5.69 Å². The van der Waals surface area contributed by atoms with Gasteiger partial charge in [-0.25, -0.2) is 14.6 Å². The van der Waals surface area contributed by atoms with Gasteiger partial charge < -0.3 is 20.1 Å². The number of nitrogens with zero attached hydrogens (tertiary/aromatic N) is 2. The zero-order chi connectivity index (χ0) is 23.6. The number of carbonyl (C=O) groups is 2. The van der Waals surface area contributed by atoms with Crippen LogP contribution < -0.4 is 0 Å². The highest BCUT2D eigenvalue weighted by atomic mass is 16.5. The molecule has 0 saturated heterocycles. The predicted octanol–water partition coefficient (Wildman–Crippen LogP) is 4.26. The van der Waals surface area contributed by atoms with E-state index in [1.165, 1.54) is 24.5 Å². The smallest absolute Gasteiger partial charge is 0.354 e. The molecular formula is C24H26N2O6. The van der Waals surface area contributed by atoms with Crippen molar-refractivity contribution in [1.82, 2.24) is 9.55 Å². The zero-order valence-corrected chi connectivity index (χ0v) is 18.4. The zero-order valence-electron chi connectivity index (χ0n) is 18.4. The highest BCUT2D eigenvalue weighted by Gasteiger charge is 2.33. The highest BCUT2D eigenvalue weighted by Crippen LogP contribution is 2.32. The lowest BCUT2D eigenvalue weighted by atomic mass is 9.99. The normalized spacial score (nSPS) is 12.5. The Labute approximate surface area is 185 Å². The van der Waals surface area contributed by atoms with Crippen LogP contribution in [-0.4, -0.2) is 43.4 Å². The molecule has 2 aromatic carbocycles. The maximum Gasteiger partial charge on any atom is 0.354 e. The second-order valence-corrected chi connectivity index (χ2v) is 7.86. The fraction of sp³-hybridized carbons (Fsp3) is 0.292. The van der Waals surface area contributed by atoms with E-state index in [4.69, 9.17) is 4.74 Å². The van der Waals surface area contributed by atoms with E-state index in [0.717, 1.165) is 0 Å². The average Bonchev–Trinajstić information content (AvgIpc) is 3.16. The van der Waals surface area contributed by atoms with Crippen molar-refractivity contribution in [3.05, 3.63) is 71.3 Å². The SMILES string of the molecule is CCOC(C)c1nc(C(C)(C)O)c(C(=O)O)n1-c1ccc(-c2ccccc2C(=O)O)cc1. The molecule has 1 aromatic heterocycles. The lowest BCUT2D eigenvalue weighted by Gasteiger charge is -2.17. The molecule has 0 aliphatic rings. The maximum absolute atomic E-state index is 12.2. The Kier molecular flexibility index (Phi) is 6.47. The molecule has 3 rings (SSSR count). The summed E-state index contributed by atoms with van der Waals surface area (Å²) < 4.78 is 7.12. The largest absolute Gasteiger partial charge is 0.478 e. The van der Waals surface area contributed by atoms with E-state index < -0.39 is 23.6 Å². The summed E-state index contributed by atoms with van der Waals surface area (Å²) in [5, 5.41) is 30.0. The van der Waals surface area contributed by atoms with Gasteiger partial charge in [0, 0.05) is 12.3 Å². The number of benzene rings is 2. The molecule has 8 nitrogen and oxygen atoms in total. The Hall–Kier alpha value is -3.49. The van der Waals surface area contributed by atoms with E-state index in [1.54, 1.807) is 49.4 Å². The maximum atomic E-state index is 12.2. The summed E-state index contributed by atoms with van der Waals surface area (Å²) in [5.74, 6) is -1.92. The van der Waals surface area contributed by atoms with Crippen molar-refractivity contribution in [3.8, 4) is 16.8 Å². The first-order valence-electron chi connectivity index (χ1n) is 10.2. The third-order valence-electron chi connectivity index (χ3n) is 5.06. The summed E-state index contributed by atoms with van der Waals surface area (Å²) in [6.07, 6.45) is -0.526. The molecule has 168 valence electrons. The lowest BCUT2D eigenvalue weighted by Crippen LogP contribution is -2.21. The molecule has 3 aromatic rings. The van der Waals surface area contributed by atoms with Gasteiger partial charge in [-0.05, 0) is 57.0 Å². The van der Waals surface area contributed by atoms with E-state index in [2.05, 4.69) is 4.98 Å². The standard InChI is InChI=1S/C24H26N2O6/c1-5-32-14(2)21-25-20(24(3,4)31)19(23(29)30)26(21)16-12-10-15(11-13-16)17-8-6-7-9-18(17)22(27)28/h6-14,31H,5H2,1-4H3,(H,27,28)(H,29,30). The fourth-order valence-corrected chi connectivity index (χ4v) is 3.63. The van der Waals surface area contributed by atoms with Crippen molar-refractivity contribution < 1.29 is 29.6 Å². The van der Waals surface area contributed by atoms with Gasteiger partial charge in [0.05, 0.1) is 5.56 Å². The van der Waals surface area contributed by atoms with E-state index in [1.807, 2.05) is 6.92 Å². The average molecular weight is 438 g/mol. The molecular weight excluding hydrogens is 412 g/mol. The number of carboxylic acids is 2. The minimum Gasteiger partial charge on any atom is -0.478 e. The number of hydrogen-bond acceptors (Lipinski definition) is 5. The van der Waals surface area contributed by atoms with Gasteiger partial charge in [0.1, 0.15) is 23.2 Å². The van der Waals surface area contributed by atoms with Crippen molar-refractivity contribution >= 4 is 11.9 Å². The summed E-state index contributed by atoms with van der Waals surface area (Å²) in [5.41, 5.74) is 0.291. The minimum atomic E-state index is -1.49. The predicted molar refractivity (Wildman–Crippen MR) is 118 cm³/mol. The molecule has 0 fully saturated rings. The van der Waals surface area contributed by atoms with Gasteiger partial charge >= 0.3 is 11.9 Å². The van der Waals surface area contributed by atoms with Crippen LogP contribution in [0.2, 0.25) is 0 Å². The number of ether oxygens (including phenoxy) is 1. The molecule has 0 aliphatic heterocycles. The fourth-order valence-electron chi connectivity index (χ4n) is 3.63. The number of aromatic nitrogens is 2. The van der Waals surface area contributed by atoms with E-state index in [0.29, 0.717) is 29.2 Å². The summed E-state index contributed by atoms with van der Waals surface area (Å²) >= 11 is 0. The van der Waals surface area contributed by atoms with Crippen LogP contribution >= 0.6 is 0 Å². The van der Waals surface area contributed by atoms with Crippen molar-refractivity contribution in [3.63, 3.8) is 0 Å². The van der Waals surface area contributed by atoms with Crippen LogP contribution in [0.25, 0.3) is 16.8 Å². The number of imidazole rings is 1. The minimum absolute atomic E-state index is 0.0341. The molecule has 1 heterocycles. The van der Waals surface area contributed by atoms with Crippen molar-refractivity contribution in [2.24, 2.45) is 0 Å². The molecule has 8 heteroatoms. The van der Waals surface area contributed by atoms with Crippen LogP contribution in [0.4, 0.5) is 0 Å². The first-order valence-corrected chi connectivity index (χ1v) is 10.2. The van der Waals surface area contributed by atoms with Crippen LogP contribution in [0.5, 0.6) is 0 Å². The van der Waals surface area contributed by atoms with Gasteiger partial charge in [-0.2, -0.15) is 0 Å². The van der Waals surface area contributed by atoms with E-state index in [-0.39, 0.29) is 17.0 Å². The molecule has 0 spiro atoms. The molecule has 3 N–H and O–H groups in total. The first kappa shape index (κ1) is 23.2. The van der Waals surface area contributed by atoms with Crippen LogP contribution in [0.1, 0.15) is 66.2 Å². The number of carboxylic acid groups (broad SMARTS) is 2. The molecule has 0 bridgehead atoms.